The number of aromatic nitrogens is 1. The first-order valence-electron chi connectivity index (χ1n) is 8.46. The van der Waals surface area contributed by atoms with Gasteiger partial charge in [0.15, 0.2) is 0 Å². The lowest BCUT2D eigenvalue weighted by Crippen LogP contribution is -2.45. The number of carbonyl (C=O) groups excluding carboxylic acids is 2. The molecule has 0 spiro atoms. The largest absolute Gasteiger partial charge is 0.444 e. The van der Waals surface area contributed by atoms with E-state index < -0.39 is 17.7 Å². The Hall–Kier alpha value is -2.11. The van der Waals surface area contributed by atoms with Crippen molar-refractivity contribution in [3.63, 3.8) is 0 Å². The molecule has 1 aromatic rings. The number of hydrogen-bond donors (Lipinski definition) is 2. The Morgan fingerprint density at radius 3 is 2.58 bits per heavy atom. The van der Waals surface area contributed by atoms with Gasteiger partial charge in [0.25, 0.3) is 0 Å². The average Bonchev–Trinajstić information content (AvgIpc) is 3.28. The van der Waals surface area contributed by atoms with Crippen molar-refractivity contribution in [3.05, 3.63) is 24.0 Å². The monoisotopic (exact) mass is 333 g/mol. The minimum atomic E-state index is -0.609. The van der Waals surface area contributed by atoms with Crippen LogP contribution in [0.25, 0.3) is 0 Å². The predicted octanol–water partition coefficient (Wildman–Crippen LogP) is 3.41. The fourth-order valence-electron chi connectivity index (χ4n) is 2.30. The predicted molar refractivity (Wildman–Crippen MR) is 92.7 cm³/mol. The van der Waals surface area contributed by atoms with Crippen molar-refractivity contribution in [2.24, 2.45) is 5.92 Å². The highest BCUT2D eigenvalue weighted by atomic mass is 16.6. The first-order valence-corrected chi connectivity index (χ1v) is 8.46. The van der Waals surface area contributed by atoms with Gasteiger partial charge in [-0.05, 0) is 58.6 Å². The molecule has 1 atom stereocenters. The van der Waals surface area contributed by atoms with Crippen LogP contribution in [0.15, 0.2) is 18.3 Å². The molecule has 1 aliphatic rings. The first-order chi connectivity index (χ1) is 11.2. The number of ether oxygens (including phenoxy) is 1. The average molecular weight is 333 g/mol. The maximum atomic E-state index is 12.5. The summed E-state index contributed by atoms with van der Waals surface area (Å²) in [6.07, 6.45) is 5.00. The molecule has 1 saturated carbocycles. The van der Waals surface area contributed by atoms with Gasteiger partial charge in [0.2, 0.25) is 5.91 Å². The number of carbonyl (C=O) groups is 2. The topological polar surface area (TPSA) is 80.3 Å². The van der Waals surface area contributed by atoms with E-state index in [0.717, 1.165) is 12.1 Å². The smallest absolute Gasteiger partial charge is 0.408 e. The molecule has 0 radical (unpaired) electrons. The van der Waals surface area contributed by atoms with Crippen molar-refractivity contribution < 1.29 is 14.3 Å². The van der Waals surface area contributed by atoms with E-state index in [0.29, 0.717) is 18.0 Å². The van der Waals surface area contributed by atoms with Crippen LogP contribution in [0.5, 0.6) is 0 Å². The Bertz CT molecular complexity index is 574. The normalized spacial score (nSPS) is 15.5. The minimum absolute atomic E-state index is 0.243. The van der Waals surface area contributed by atoms with Gasteiger partial charge in [0, 0.05) is 5.69 Å². The Labute approximate surface area is 143 Å². The van der Waals surface area contributed by atoms with Crippen LogP contribution >= 0.6 is 0 Å². The fourth-order valence-corrected chi connectivity index (χ4v) is 2.30. The number of amides is 2. The van der Waals surface area contributed by atoms with Crippen molar-refractivity contribution in [2.45, 2.75) is 65.0 Å². The Morgan fingerprint density at radius 2 is 2.04 bits per heavy atom. The molecule has 1 aliphatic carbocycles. The third-order valence-electron chi connectivity index (χ3n) is 3.75. The van der Waals surface area contributed by atoms with E-state index in [1.807, 2.05) is 13.0 Å². The van der Waals surface area contributed by atoms with Crippen LogP contribution < -0.4 is 10.6 Å². The second-order valence-corrected chi connectivity index (χ2v) is 7.40. The maximum Gasteiger partial charge on any atom is 0.408 e. The van der Waals surface area contributed by atoms with Gasteiger partial charge < -0.3 is 15.4 Å². The van der Waals surface area contributed by atoms with Crippen molar-refractivity contribution in [3.8, 4) is 0 Å². The highest BCUT2D eigenvalue weighted by Gasteiger charge is 2.28. The Kier molecular flexibility index (Phi) is 5.80. The molecule has 6 heteroatoms. The third-order valence-corrected chi connectivity index (χ3v) is 3.75. The number of aryl methyl sites for hydroxylation is 1. The van der Waals surface area contributed by atoms with Crippen LogP contribution in [0.2, 0.25) is 0 Å². The molecule has 1 fully saturated rings. The Morgan fingerprint density at radius 1 is 1.33 bits per heavy atom. The summed E-state index contributed by atoms with van der Waals surface area (Å²) in [6.45, 7) is 7.27. The highest BCUT2D eigenvalue weighted by Crippen LogP contribution is 2.34. The van der Waals surface area contributed by atoms with E-state index in [4.69, 9.17) is 4.74 Å². The van der Waals surface area contributed by atoms with Gasteiger partial charge in [0.05, 0.1) is 11.9 Å². The number of alkyl carbamates (subject to hydrolysis) is 1. The van der Waals surface area contributed by atoms with Gasteiger partial charge in [-0.25, -0.2) is 4.79 Å². The molecule has 24 heavy (non-hydrogen) atoms. The quantitative estimate of drug-likeness (QED) is 0.836. The number of nitrogens with zero attached hydrogens (tertiary/aromatic N) is 1. The molecular formula is C18H27N3O3. The maximum absolute atomic E-state index is 12.5. The van der Waals surface area contributed by atoms with Gasteiger partial charge in [-0.3, -0.25) is 9.78 Å². The van der Waals surface area contributed by atoms with Gasteiger partial charge >= 0.3 is 6.09 Å². The summed E-state index contributed by atoms with van der Waals surface area (Å²) in [5.74, 6) is 0.439. The van der Waals surface area contributed by atoms with Crippen LogP contribution in [-0.4, -0.2) is 28.6 Å². The van der Waals surface area contributed by atoms with E-state index in [1.54, 1.807) is 33.0 Å². The summed E-state index contributed by atoms with van der Waals surface area (Å²) in [7, 11) is 0. The molecule has 2 amide bonds. The zero-order valence-corrected chi connectivity index (χ0v) is 14.9. The van der Waals surface area contributed by atoms with Crippen LogP contribution in [0.1, 0.15) is 52.1 Å². The van der Waals surface area contributed by atoms with E-state index in [9.17, 15) is 9.59 Å². The molecule has 0 bridgehead atoms. The van der Waals surface area contributed by atoms with Crippen molar-refractivity contribution >= 4 is 17.7 Å². The number of pyridine rings is 1. The lowest BCUT2D eigenvalue weighted by molar-refractivity contribution is -0.118. The number of hydrogen-bond acceptors (Lipinski definition) is 4. The van der Waals surface area contributed by atoms with Crippen molar-refractivity contribution in [1.82, 2.24) is 10.3 Å². The second-order valence-electron chi connectivity index (χ2n) is 7.40. The fraction of sp³-hybridized carbons (Fsp3) is 0.611. The minimum Gasteiger partial charge on any atom is -0.444 e. The summed E-state index contributed by atoms with van der Waals surface area (Å²) >= 11 is 0. The van der Waals surface area contributed by atoms with Crippen LogP contribution in [-0.2, 0) is 9.53 Å². The molecule has 0 saturated heterocycles. The molecule has 132 valence electrons. The molecule has 0 unspecified atom stereocenters. The van der Waals surface area contributed by atoms with E-state index in [1.165, 1.54) is 12.8 Å². The van der Waals surface area contributed by atoms with Gasteiger partial charge in [-0.2, -0.15) is 0 Å². The molecule has 2 N–H and O–H groups in total. The van der Waals surface area contributed by atoms with Gasteiger partial charge in [-0.15, -0.1) is 0 Å². The lowest BCUT2D eigenvalue weighted by Gasteiger charge is -2.23. The van der Waals surface area contributed by atoms with E-state index >= 15 is 0 Å². The standard InChI is InChI=1S/C18H27N3O3/c1-12-5-9-14(11-19-12)20-16(22)15(10-8-13-6-7-13)21-17(23)24-18(2,3)4/h5,9,11,13,15H,6-8,10H2,1-4H3,(H,20,22)(H,21,23)/t15-/m0/s1. The summed E-state index contributed by atoms with van der Waals surface area (Å²) in [5, 5.41) is 5.50. The van der Waals surface area contributed by atoms with Crippen LogP contribution in [0, 0.1) is 12.8 Å². The molecular weight excluding hydrogens is 306 g/mol. The zero-order chi connectivity index (χ0) is 17.7. The zero-order valence-electron chi connectivity index (χ0n) is 14.9. The molecule has 0 aliphatic heterocycles. The number of anilines is 1. The van der Waals surface area contributed by atoms with Crippen molar-refractivity contribution in [1.29, 1.82) is 0 Å². The second kappa shape index (κ2) is 7.64. The first kappa shape index (κ1) is 18.2. The summed E-state index contributed by atoms with van der Waals surface area (Å²) < 4.78 is 5.26. The molecule has 1 aromatic heterocycles. The molecule has 6 nitrogen and oxygen atoms in total. The third kappa shape index (κ3) is 6.56. The summed E-state index contributed by atoms with van der Waals surface area (Å²) in [4.78, 5) is 28.7. The van der Waals surface area contributed by atoms with Gasteiger partial charge in [-0.1, -0.05) is 12.8 Å². The number of nitrogens with one attached hydrogen (secondary N) is 2. The molecule has 2 rings (SSSR count). The van der Waals surface area contributed by atoms with Crippen molar-refractivity contribution in [2.75, 3.05) is 5.32 Å². The number of rotatable bonds is 6. The summed E-state index contributed by atoms with van der Waals surface area (Å²) in [6, 6.07) is 3.02. The molecule has 0 aromatic carbocycles. The van der Waals surface area contributed by atoms with Crippen LogP contribution in [0.3, 0.4) is 0 Å². The van der Waals surface area contributed by atoms with Gasteiger partial charge in [0.1, 0.15) is 11.6 Å². The van der Waals surface area contributed by atoms with Crippen LogP contribution in [0.4, 0.5) is 10.5 Å². The molecule has 1 heterocycles. The Balaban J connectivity index is 1.96. The van der Waals surface area contributed by atoms with E-state index in [2.05, 4.69) is 15.6 Å². The SMILES string of the molecule is Cc1ccc(NC(=O)[C@H](CCC2CC2)NC(=O)OC(C)(C)C)cn1. The lowest BCUT2D eigenvalue weighted by atomic mass is 10.1. The summed E-state index contributed by atoms with van der Waals surface area (Å²) in [5.41, 5.74) is 0.904. The van der Waals surface area contributed by atoms with E-state index in [-0.39, 0.29) is 5.91 Å². The highest BCUT2D eigenvalue weighted by molar-refractivity contribution is 5.96.